The SMILES string of the molecule is NC(=O)C[C@H](NC(=O)C1CCC(=O)C1)C(=O)N1CCC[C@H]1C(N)=O. The highest BCUT2D eigenvalue weighted by atomic mass is 16.2. The Balaban J connectivity index is 2.08. The van der Waals surface area contributed by atoms with Gasteiger partial charge >= 0.3 is 0 Å². The number of hydrogen-bond donors (Lipinski definition) is 3. The Morgan fingerprint density at radius 1 is 1.21 bits per heavy atom. The molecule has 1 unspecified atom stereocenters. The highest BCUT2D eigenvalue weighted by Crippen LogP contribution is 2.23. The number of nitrogens with two attached hydrogens (primary N) is 2. The predicted octanol–water partition coefficient (Wildman–Crippen LogP) is -1.81. The maximum absolute atomic E-state index is 12.6. The first-order chi connectivity index (χ1) is 11.3. The molecule has 0 spiro atoms. The molecule has 2 rings (SSSR count). The summed E-state index contributed by atoms with van der Waals surface area (Å²) in [5.41, 5.74) is 10.5. The summed E-state index contributed by atoms with van der Waals surface area (Å²) in [6.45, 7) is 0.333. The Morgan fingerprint density at radius 2 is 1.92 bits per heavy atom. The zero-order valence-corrected chi connectivity index (χ0v) is 13.3. The van der Waals surface area contributed by atoms with Gasteiger partial charge in [0.2, 0.25) is 23.6 Å². The van der Waals surface area contributed by atoms with Crippen LogP contribution in [0.1, 0.15) is 38.5 Å². The lowest BCUT2D eigenvalue weighted by molar-refractivity contribution is -0.142. The highest BCUT2D eigenvalue weighted by molar-refractivity contribution is 5.96. The van der Waals surface area contributed by atoms with Gasteiger partial charge in [-0.25, -0.2) is 0 Å². The van der Waals surface area contributed by atoms with Gasteiger partial charge in [-0.3, -0.25) is 24.0 Å². The van der Waals surface area contributed by atoms with E-state index in [1.165, 1.54) is 4.90 Å². The minimum absolute atomic E-state index is 0.00117. The van der Waals surface area contributed by atoms with Crippen LogP contribution in [0.25, 0.3) is 0 Å². The minimum Gasteiger partial charge on any atom is -0.370 e. The van der Waals surface area contributed by atoms with Crippen LogP contribution in [0.3, 0.4) is 0 Å². The summed E-state index contributed by atoms with van der Waals surface area (Å²) < 4.78 is 0. The van der Waals surface area contributed by atoms with Gasteiger partial charge in [0.25, 0.3) is 0 Å². The first-order valence-corrected chi connectivity index (χ1v) is 7.99. The van der Waals surface area contributed by atoms with Gasteiger partial charge in [0.1, 0.15) is 17.9 Å². The van der Waals surface area contributed by atoms with Gasteiger partial charge in [-0.1, -0.05) is 0 Å². The normalized spacial score (nSPS) is 24.7. The van der Waals surface area contributed by atoms with E-state index in [9.17, 15) is 24.0 Å². The van der Waals surface area contributed by atoms with Gasteiger partial charge in [-0.15, -0.1) is 0 Å². The number of likely N-dealkylation sites (tertiary alicyclic amines) is 1. The number of amides is 4. The standard InChI is InChI=1S/C15H22N4O5/c16-12(21)7-10(18-14(23)8-3-4-9(20)6-8)15(24)19-5-1-2-11(19)13(17)22/h8,10-11H,1-7H2,(H2,16,21)(H2,17,22)(H,18,23)/t8?,10-,11-/m0/s1. The zero-order valence-electron chi connectivity index (χ0n) is 13.3. The molecule has 24 heavy (non-hydrogen) atoms. The Labute approximate surface area is 139 Å². The molecule has 5 N–H and O–H groups in total. The maximum Gasteiger partial charge on any atom is 0.246 e. The summed E-state index contributed by atoms with van der Waals surface area (Å²) in [7, 11) is 0. The van der Waals surface area contributed by atoms with Gasteiger partial charge in [-0.05, 0) is 19.3 Å². The third kappa shape index (κ3) is 4.09. The number of nitrogens with one attached hydrogen (secondary N) is 1. The molecule has 1 saturated carbocycles. The van der Waals surface area contributed by atoms with Crippen molar-refractivity contribution in [1.82, 2.24) is 10.2 Å². The summed E-state index contributed by atoms with van der Waals surface area (Å²) in [5, 5.41) is 2.51. The van der Waals surface area contributed by atoms with E-state index in [-0.39, 0.29) is 18.6 Å². The number of ketones is 1. The van der Waals surface area contributed by atoms with E-state index in [1.54, 1.807) is 0 Å². The summed E-state index contributed by atoms with van der Waals surface area (Å²) in [5.74, 6) is -2.85. The lowest BCUT2D eigenvalue weighted by atomic mass is 10.1. The van der Waals surface area contributed by atoms with Crippen LogP contribution in [0, 0.1) is 5.92 Å². The van der Waals surface area contributed by atoms with Crippen LogP contribution in [0.15, 0.2) is 0 Å². The number of carbonyl (C=O) groups is 5. The molecule has 4 amide bonds. The minimum atomic E-state index is -1.15. The molecule has 3 atom stereocenters. The van der Waals surface area contributed by atoms with Crippen molar-refractivity contribution in [3.63, 3.8) is 0 Å². The summed E-state index contributed by atoms with van der Waals surface area (Å²) in [6, 6.07) is -1.89. The molecule has 2 aliphatic rings. The van der Waals surface area contributed by atoms with Crippen LogP contribution in [0.4, 0.5) is 0 Å². The third-order valence-corrected chi connectivity index (χ3v) is 4.50. The average Bonchev–Trinajstić information content (AvgIpc) is 3.13. The van der Waals surface area contributed by atoms with Crippen LogP contribution < -0.4 is 16.8 Å². The number of primary amides is 2. The van der Waals surface area contributed by atoms with Crippen molar-refractivity contribution in [3.05, 3.63) is 0 Å². The fourth-order valence-corrected chi connectivity index (χ4v) is 3.26. The Hall–Kier alpha value is -2.45. The van der Waals surface area contributed by atoms with Crippen LogP contribution in [0.5, 0.6) is 0 Å². The Morgan fingerprint density at radius 3 is 2.46 bits per heavy atom. The van der Waals surface area contributed by atoms with Crippen LogP contribution in [-0.4, -0.2) is 52.9 Å². The fourth-order valence-electron chi connectivity index (χ4n) is 3.26. The van der Waals surface area contributed by atoms with Crippen molar-refractivity contribution in [2.24, 2.45) is 17.4 Å². The van der Waals surface area contributed by atoms with Gasteiger partial charge in [0.15, 0.2) is 0 Å². The molecule has 132 valence electrons. The van der Waals surface area contributed by atoms with E-state index in [2.05, 4.69) is 5.32 Å². The van der Waals surface area contributed by atoms with E-state index < -0.39 is 41.6 Å². The molecule has 2 fully saturated rings. The Bertz CT molecular complexity index is 576. The number of carbonyl (C=O) groups excluding carboxylic acids is 5. The van der Waals surface area contributed by atoms with Gasteiger partial charge < -0.3 is 21.7 Å². The lowest BCUT2D eigenvalue weighted by Gasteiger charge is -2.27. The number of nitrogens with zero attached hydrogens (tertiary/aromatic N) is 1. The van der Waals surface area contributed by atoms with Gasteiger partial charge in [0.05, 0.1) is 6.42 Å². The molecular formula is C15H22N4O5. The molecule has 1 aliphatic carbocycles. The second kappa shape index (κ2) is 7.41. The number of rotatable bonds is 6. The molecule has 1 heterocycles. The fraction of sp³-hybridized carbons (Fsp3) is 0.667. The topological polar surface area (TPSA) is 153 Å². The zero-order chi connectivity index (χ0) is 17.9. The average molecular weight is 338 g/mol. The summed E-state index contributed by atoms with van der Waals surface area (Å²) >= 11 is 0. The smallest absolute Gasteiger partial charge is 0.246 e. The molecule has 9 heteroatoms. The quantitative estimate of drug-likeness (QED) is 0.521. The van der Waals surface area contributed by atoms with E-state index in [0.29, 0.717) is 32.2 Å². The third-order valence-electron chi connectivity index (χ3n) is 4.50. The van der Waals surface area contributed by atoms with Crippen LogP contribution in [0.2, 0.25) is 0 Å². The largest absolute Gasteiger partial charge is 0.370 e. The van der Waals surface area contributed by atoms with Crippen molar-refractivity contribution in [1.29, 1.82) is 0 Å². The molecule has 0 aromatic rings. The molecule has 1 aliphatic heterocycles. The van der Waals surface area contributed by atoms with E-state index in [4.69, 9.17) is 11.5 Å². The monoisotopic (exact) mass is 338 g/mol. The molecule has 0 bridgehead atoms. The first-order valence-electron chi connectivity index (χ1n) is 7.99. The van der Waals surface area contributed by atoms with E-state index in [0.717, 1.165) is 0 Å². The van der Waals surface area contributed by atoms with E-state index in [1.807, 2.05) is 0 Å². The number of Topliss-reactive ketones (excluding diaryl/α,β-unsaturated/α-hetero) is 1. The first kappa shape index (κ1) is 17.9. The van der Waals surface area contributed by atoms with Gasteiger partial charge in [0, 0.05) is 25.3 Å². The van der Waals surface area contributed by atoms with Crippen molar-refractivity contribution in [2.75, 3.05) is 6.54 Å². The number of hydrogen-bond acceptors (Lipinski definition) is 5. The molecule has 0 aromatic heterocycles. The van der Waals surface area contributed by atoms with Crippen LogP contribution >= 0.6 is 0 Å². The predicted molar refractivity (Wildman–Crippen MR) is 82.0 cm³/mol. The summed E-state index contributed by atoms with van der Waals surface area (Å²) in [4.78, 5) is 60.2. The second-order valence-corrected chi connectivity index (χ2v) is 6.30. The lowest BCUT2D eigenvalue weighted by Crippen LogP contribution is -2.54. The van der Waals surface area contributed by atoms with Crippen LogP contribution in [-0.2, 0) is 24.0 Å². The Kier molecular flexibility index (Phi) is 5.53. The van der Waals surface area contributed by atoms with Crippen molar-refractivity contribution >= 4 is 29.4 Å². The van der Waals surface area contributed by atoms with E-state index >= 15 is 0 Å². The second-order valence-electron chi connectivity index (χ2n) is 6.30. The van der Waals surface area contributed by atoms with Crippen molar-refractivity contribution < 1.29 is 24.0 Å². The molecule has 9 nitrogen and oxygen atoms in total. The van der Waals surface area contributed by atoms with Crippen molar-refractivity contribution in [3.8, 4) is 0 Å². The molecule has 1 saturated heterocycles. The summed E-state index contributed by atoms with van der Waals surface area (Å²) in [6.07, 6.45) is 1.60. The van der Waals surface area contributed by atoms with Gasteiger partial charge in [-0.2, -0.15) is 0 Å². The highest BCUT2D eigenvalue weighted by Gasteiger charge is 2.38. The molecular weight excluding hydrogens is 316 g/mol. The molecule has 0 radical (unpaired) electrons. The maximum atomic E-state index is 12.6. The molecule has 0 aromatic carbocycles. The van der Waals surface area contributed by atoms with Crippen molar-refractivity contribution in [2.45, 2.75) is 50.6 Å².